The SMILES string of the molecule is CCOC(=O)c1coc(Oc2cc(F)cc(Br)c2)n1. The second-order valence-corrected chi connectivity index (χ2v) is 4.34. The molecule has 1 aromatic heterocycles. The van der Waals surface area contributed by atoms with Gasteiger partial charge in [0.15, 0.2) is 5.69 Å². The van der Waals surface area contributed by atoms with Gasteiger partial charge in [0.05, 0.1) is 6.61 Å². The third-order valence-corrected chi connectivity index (χ3v) is 2.47. The lowest BCUT2D eigenvalue weighted by Gasteiger charge is -2.01. The van der Waals surface area contributed by atoms with Gasteiger partial charge in [-0.05, 0) is 19.1 Å². The maximum absolute atomic E-state index is 13.1. The van der Waals surface area contributed by atoms with Crippen LogP contribution in [-0.2, 0) is 4.74 Å². The number of ether oxygens (including phenoxy) is 2. The Morgan fingerprint density at radius 3 is 2.95 bits per heavy atom. The Bertz CT molecular complexity index is 579. The van der Waals surface area contributed by atoms with Crippen LogP contribution in [0.3, 0.4) is 0 Å². The number of carbonyl (C=O) groups excluding carboxylic acids is 1. The van der Waals surface area contributed by atoms with Crippen LogP contribution >= 0.6 is 15.9 Å². The summed E-state index contributed by atoms with van der Waals surface area (Å²) in [6.45, 7) is 1.92. The standard InChI is InChI=1S/C12H9BrFNO4/c1-2-17-11(16)10-6-18-12(15-10)19-9-4-7(13)3-8(14)5-9/h3-6H,2H2,1H3. The van der Waals surface area contributed by atoms with Gasteiger partial charge in [-0.2, -0.15) is 4.98 Å². The quantitative estimate of drug-likeness (QED) is 0.803. The molecule has 0 radical (unpaired) electrons. The number of rotatable bonds is 4. The predicted molar refractivity (Wildman–Crippen MR) is 66.6 cm³/mol. The molecule has 2 aromatic rings. The number of carbonyl (C=O) groups is 1. The van der Waals surface area contributed by atoms with Gasteiger partial charge < -0.3 is 13.9 Å². The number of hydrogen-bond donors (Lipinski definition) is 0. The van der Waals surface area contributed by atoms with Gasteiger partial charge in [-0.15, -0.1) is 0 Å². The van der Waals surface area contributed by atoms with E-state index in [1.165, 1.54) is 18.2 Å². The molecule has 0 saturated carbocycles. The fourth-order valence-corrected chi connectivity index (χ4v) is 1.74. The highest BCUT2D eigenvalue weighted by atomic mass is 79.9. The number of benzene rings is 1. The lowest BCUT2D eigenvalue weighted by atomic mass is 10.3. The van der Waals surface area contributed by atoms with E-state index in [1.807, 2.05) is 0 Å². The van der Waals surface area contributed by atoms with Gasteiger partial charge in [0.1, 0.15) is 17.8 Å². The Morgan fingerprint density at radius 1 is 1.47 bits per heavy atom. The summed E-state index contributed by atoms with van der Waals surface area (Å²) in [4.78, 5) is 15.1. The van der Waals surface area contributed by atoms with Crippen molar-refractivity contribution in [2.75, 3.05) is 6.61 Å². The number of hydrogen-bond acceptors (Lipinski definition) is 5. The summed E-state index contributed by atoms with van der Waals surface area (Å²) in [5, 5.41) is 0. The van der Waals surface area contributed by atoms with Gasteiger partial charge >= 0.3 is 12.0 Å². The van der Waals surface area contributed by atoms with Crippen LogP contribution in [0, 0.1) is 5.82 Å². The molecule has 0 fully saturated rings. The van der Waals surface area contributed by atoms with E-state index < -0.39 is 11.8 Å². The van der Waals surface area contributed by atoms with E-state index in [1.54, 1.807) is 6.92 Å². The fraction of sp³-hybridized carbons (Fsp3) is 0.167. The van der Waals surface area contributed by atoms with Crippen molar-refractivity contribution < 1.29 is 23.1 Å². The monoisotopic (exact) mass is 329 g/mol. The first kappa shape index (κ1) is 13.5. The highest BCUT2D eigenvalue weighted by Crippen LogP contribution is 2.25. The highest BCUT2D eigenvalue weighted by molar-refractivity contribution is 9.10. The maximum Gasteiger partial charge on any atom is 0.399 e. The summed E-state index contributed by atoms with van der Waals surface area (Å²) in [6, 6.07) is 3.99. The lowest BCUT2D eigenvalue weighted by molar-refractivity contribution is 0.0519. The zero-order valence-corrected chi connectivity index (χ0v) is 11.4. The summed E-state index contributed by atoms with van der Waals surface area (Å²) in [7, 11) is 0. The minimum absolute atomic E-state index is 0.00711. The van der Waals surface area contributed by atoms with E-state index >= 15 is 0 Å². The highest BCUT2D eigenvalue weighted by Gasteiger charge is 2.14. The molecule has 0 aliphatic heterocycles. The van der Waals surface area contributed by atoms with Crippen LogP contribution < -0.4 is 4.74 Å². The molecule has 0 unspecified atom stereocenters. The molecule has 7 heteroatoms. The molecule has 1 heterocycles. The molecular weight excluding hydrogens is 321 g/mol. The van der Waals surface area contributed by atoms with E-state index in [4.69, 9.17) is 13.9 Å². The molecule has 0 bridgehead atoms. The van der Waals surface area contributed by atoms with Gasteiger partial charge in [0.2, 0.25) is 0 Å². The predicted octanol–water partition coefficient (Wildman–Crippen LogP) is 3.55. The number of nitrogens with zero attached hydrogens (tertiary/aromatic N) is 1. The Kier molecular flexibility index (Phi) is 4.16. The van der Waals surface area contributed by atoms with E-state index in [0.29, 0.717) is 4.47 Å². The van der Waals surface area contributed by atoms with Gasteiger partial charge in [0.25, 0.3) is 0 Å². The molecule has 2 rings (SSSR count). The van der Waals surface area contributed by atoms with Crippen molar-refractivity contribution in [1.82, 2.24) is 4.98 Å². The summed E-state index contributed by atoms with van der Waals surface area (Å²) < 4.78 is 28.5. The summed E-state index contributed by atoms with van der Waals surface area (Å²) in [6.07, 6.45) is 0.947. The third kappa shape index (κ3) is 3.54. The van der Waals surface area contributed by atoms with Crippen LogP contribution in [0.15, 0.2) is 33.4 Å². The van der Waals surface area contributed by atoms with Gasteiger partial charge in [-0.25, -0.2) is 9.18 Å². The summed E-state index contributed by atoms with van der Waals surface area (Å²) in [5.41, 5.74) is -0.00711. The molecule has 100 valence electrons. The second-order valence-electron chi connectivity index (χ2n) is 3.43. The number of halogens is 2. The average Bonchev–Trinajstić information content (AvgIpc) is 2.76. The van der Waals surface area contributed by atoms with E-state index in [0.717, 1.165) is 6.26 Å². The van der Waals surface area contributed by atoms with Crippen LogP contribution in [0.4, 0.5) is 4.39 Å². The van der Waals surface area contributed by atoms with Crippen LogP contribution in [0.2, 0.25) is 0 Å². The minimum Gasteiger partial charge on any atom is -0.461 e. The smallest absolute Gasteiger partial charge is 0.399 e. The first-order valence-corrected chi connectivity index (χ1v) is 6.14. The van der Waals surface area contributed by atoms with Gasteiger partial charge in [-0.3, -0.25) is 0 Å². The number of aromatic nitrogens is 1. The Labute approximate surface area is 116 Å². The largest absolute Gasteiger partial charge is 0.461 e. The van der Waals surface area contributed by atoms with Crippen molar-refractivity contribution >= 4 is 21.9 Å². The maximum atomic E-state index is 13.1. The van der Waals surface area contributed by atoms with Crippen LogP contribution in [0.1, 0.15) is 17.4 Å². The van der Waals surface area contributed by atoms with E-state index in [2.05, 4.69) is 20.9 Å². The molecule has 0 spiro atoms. The zero-order valence-electron chi connectivity index (χ0n) is 9.85. The Balaban J connectivity index is 2.13. The second kappa shape index (κ2) is 5.83. The topological polar surface area (TPSA) is 61.6 Å². The Morgan fingerprint density at radius 2 is 2.26 bits per heavy atom. The Hall–Kier alpha value is -1.89. The molecule has 0 atom stereocenters. The van der Waals surface area contributed by atoms with Crippen molar-refractivity contribution in [2.45, 2.75) is 6.92 Å². The van der Waals surface area contributed by atoms with Crippen LogP contribution in [0.25, 0.3) is 0 Å². The van der Waals surface area contributed by atoms with Crippen molar-refractivity contribution in [1.29, 1.82) is 0 Å². The lowest BCUT2D eigenvalue weighted by Crippen LogP contribution is -2.04. The first-order valence-electron chi connectivity index (χ1n) is 5.35. The molecular formula is C12H9BrFNO4. The molecule has 0 amide bonds. The molecule has 19 heavy (non-hydrogen) atoms. The van der Waals surface area contributed by atoms with E-state index in [9.17, 15) is 9.18 Å². The van der Waals surface area contributed by atoms with Crippen molar-refractivity contribution in [3.63, 3.8) is 0 Å². The zero-order chi connectivity index (χ0) is 13.8. The van der Waals surface area contributed by atoms with Crippen molar-refractivity contribution in [3.05, 3.63) is 40.4 Å². The van der Waals surface area contributed by atoms with Gasteiger partial charge in [0, 0.05) is 10.5 Å². The van der Waals surface area contributed by atoms with Crippen LogP contribution in [-0.4, -0.2) is 17.6 Å². The number of esters is 1. The summed E-state index contributed by atoms with van der Waals surface area (Å²) >= 11 is 3.13. The normalized spacial score (nSPS) is 10.3. The number of oxazole rings is 1. The van der Waals surface area contributed by atoms with Gasteiger partial charge in [-0.1, -0.05) is 15.9 Å². The molecule has 5 nitrogen and oxygen atoms in total. The van der Waals surface area contributed by atoms with Crippen molar-refractivity contribution in [3.8, 4) is 11.8 Å². The first-order chi connectivity index (χ1) is 9.08. The third-order valence-electron chi connectivity index (χ3n) is 2.01. The summed E-state index contributed by atoms with van der Waals surface area (Å²) in [5.74, 6) is -0.882. The van der Waals surface area contributed by atoms with Crippen LogP contribution in [0.5, 0.6) is 11.8 Å². The molecule has 0 aliphatic rings. The molecule has 0 aliphatic carbocycles. The minimum atomic E-state index is -0.610. The molecule has 1 aromatic carbocycles. The van der Waals surface area contributed by atoms with Crippen molar-refractivity contribution in [2.24, 2.45) is 0 Å². The van der Waals surface area contributed by atoms with E-state index in [-0.39, 0.29) is 24.1 Å². The molecule has 0 saturated heterocycles. The average molecular weight is 330 g/mol. The molecule has 0 N–H and O–H groups in total. The fourth-order valence-electron chi connectivity index (χ4n) is 1.29.